The van der Waals surface area contributed by atoms with Crippen LogP contribution in [0.2, 0.25) is 0 Å². The monoisotopic (exact) mass is 248 g/mol. The first-order valence-corrected chi connectivity index (χ1v) is 6.89. The predicted octanol–water partition coefficient (Wildman–Crippen LogP) is 1.71. The van der Waals surface area contributed by atoms with Crippen molar-refractivity contribution < 1.29 is 5.11 Å². The molecule has 0 aliphatic heterocycles. The molecule has 100 valence electrons. The quantitative estimate of drug-likeness (QED) is 0.772. The molecular formula is C15H24N2O. The van der Waals surface area contributed by atoms with Gasteiger partial charge in [0.05, 0.1) is 12.1 Å². The van der Waals surface area contributed by atoms with Gasteiger partial charge in [0.25, 0.3) is 0 Å². The van der Waals surface area contributed by atoms with Gasteiger partial charge in [-0.15, -0.1) is 0 Å². The number of nitrogens with zero attached hydrogens (tertiary/aromatic N) is 1. The molecule has 1 fully saturated rings. The number of rotatable bonds is 7. The minimum absolute atomic E-state index is 0.00997. The van der Waals surface area contributed by atoms with E-state index < -0.39 is 5.54 Å². The molecule has 18 heavy (non-hydrogen) atoms. The van der Waals surface area contributed by atoms with Gasteiger partial charge in [-0.25, -0.2) is 0 Å². The summed E-state index contributed by atoms with van der Waals surface area (Å²) in [5, 5.41) is 9.71. The molecule has 3 N–H and O–H groups in total. The number of hydrogen-bond donors (Lipinski definition) is 2. The van der Waals surface area contributed by atoms with Gasteiger partial charge in [-0.2, -0.15) is 0 Å². The highest BCUT2D eigenvalue weighted by Gasteiger charge is 2.35. The molecule has 2 rings (SSSR count). The van der Waals surface area contributed by atoms with Crippen LogP contribution in [0.4, 0.5) is 0 Å². The van der Waals surface area contributed by atoms with Gasteiger partial charge in [0.15, 0.2) is 0 Å². The van der Waals surface area contributed by atoms with Crippen molar-refractivity contribution in [3.05, 3.63) is 35.9 Å². The molecule has 0 aromatic heterocycles. The lowest BCUT2D eigenvalue weighted by atomic mass is 9.91. The fourth-order valence-electron chi connectivity index (χ4n) is 2.48. The summed E-state index contributed by atoms with van der Waals surface area (Å²) < 4.78 is 0. The highest BCUT2D eigenvalue weighted by atomic mass is 16.3. The summed E-state index contributed by atoms with van der Waals surface area (Å²) in [6.07, 6.45) is 3.68. The fraction of sp³-hybridized carbons (Fsp3) is 0.600. The molecule has 0 saturated heterocycles. The fourth-order valence-corrected chi connectivity index (χ4v) is 2.48. The molecule has 3 nitrogen and oxygen atoms in total. The summed E-state index contributed by atoms with van der Waals surface area (Å²) >= 11 is 0. The van der Waals surface area contributed by atoms with Crippen LogP contribution in [0.15, 0.2) is 30.3 Å². The highest BCUT2D eigenvalue weighted by Crippen LogP contribution is 2.30. The van der Waals surface area contributed by atoms with Gasteiger partial charge in [-0.3, -0.25) is 4.90 Å². The van der Waals surface area contributed by atoms with Crippen LogP contribution in [-0.2, 0) is 5.54 Å². The van der Waals surface area contributed by atoms with E-state index in [1.54, 1.807) is 0 Å². The third kappa shape index (κ3) is 3.10. The molecule has 1 aliphatic rings. The normalized spacial score (nSPS) is 18.9. The van der Waals surface area contributed by atoms with Crippen molar-refractivity contribution in [2.24, 2.45) is 5.73 Å². The summed E-state index contributed by atoms with van der Waals surface area (Å²) in [5.41, 5.74) is 6.81. The third-order valence-electron chi connectivity index (χ3n) is 3.69. The molecule has 1 aromatic carbocycles. The minimum atomic E-state index is -0.640. The lowest BCUT2D eigenvalue weighted by Crippen LogP contribution is -2.51. The van der Waals surface area contributed by atoms with Gasteiger partial charge in [0.1, 0.15) is 0 Å². The van der Waals surface area contributed by atoms with Crippen molar-refractivity contribution in [2.45, 2.75) is 37.8 Å². The standard InChI is InChI=1S/C15H24N2O/c1-2-10-17(14-8-9-14)11-15(16,12-18)13-6-4-3-5-7-13/h3-7,14,18H,2,8-12,16H2,1H3. The average molecular weight is 248 g/mol. The second kappa shape index (κ2) is 5.83. The number of aliphatic hydroxyl groups excluding tert-OH is 1. The largest absolute Gasteiger partial charge is 0.394 e. The number of nitrogens with two attached hydrogens (primary N) is 1. The Hall–Kier alpha value is -0.900. The number of benzene rings is 1. The van der Waals surface area contributed by atoms with E-state index in [4.69, 9.17) is 5.73 Å². The molecule has 1 saturated carbocycles. The Balaban J connectivity index is 2.11. The van der Waals surface area contributed by atoms with Crippen molar-refractivity contribution in [1.82, 2.24) is 4.90 Å². The summed E-state index contributed by atoms with van der Waals surface area (Å²) in [4.78, 5) is 2.43. The summed E-state index contributed by atoms with van der Waals surface area (Å²) in [6.45, 7) is 3.99. The van der Waals surface area contributed by atoms with Crippen LogP contribution in [0.1, 0.15) is 31.7 Å². The first kappa shape index (κ1) is 13.5. The SMILES string of the molecule is CCCN(CC(N)(CO)c1ccccc1)C1CC1. The Bertz CT molecular complexity index is 364. The van der Waals surface area contributed by atoms with Crippen LogP contribution in [0.3, 0.4) is 0 Å². The Morgan fingerprint density at radius 3 is 2.50 bits per heavy atom. The van der Waals surface area contributed by atoms with E-state index in [0.29, 0.717) is 6.04 Å². The van der Waals surface area contributed by atoms with Crippen molar-refractivity contribution in [2.75, 3.05) is 19.7 Å². The molecule has 0 radical (unpaired) electrons. The van der Waals surface area contributed by atoms with Gasteiger partial charge in [-0.05, 0) is 31.4 Å². The first-order chi connectivity index (χ1) is 8.69. The van der Waals surface area contributed by atoms with Crippen LogP contribution < -0.4 is 5.73 Å². The second-order valence-electron chi connectivity index (χ2n) is 5.38. The molecule has 1 aromatic rings. The molecule has 3 heteroatoms. The Labute approximate surface area is 110 Å². The molecule has 1 unspecified atom stereocenters. The summed E-state index contributed by atoms with van der Waals surface area (Å²) in [5.74, 6) is 0. The van der Waals surface area contributed by atoms with Gasteiger partial charge in [0, 0.05) is 12.6 Å². The zero-order valence-corrected chi connectivity index (χ0v) is 11.2. The zero-order valence-electron chi connectivity index (χ0n) is 11.2. The van der Waals surface area contributed by atoms with Gasteiger partial charge in [0.2, 0.25) is 0 Å². The minimum Gasteiger partial charge on any atom is -0.394 e. The van der Waals surface area contributed by atoms with Crippen LogP contribution in [0.5, 0.6) is 0 Å². The van der Waals surface area contributed by atoms with Gasteiger partial charge >= 0.3 is 0 Å². The Morgan fingerprint density at radius 1 is 1.33 bits per heavy atom. The van der Waals surface area contributed by atoms with Gasteiger partial charge < -0.3 is 10.8 Å². The van der Waals surface area contributed by atoms with Crippen molar-refractivity contribution in [3.63, 3.8) is 0 Å². The highest BCUT2D eigenvalue weighted by molar-refractivity contribution is 5.24. The van der Waals surface area contributed by atoms with E-state index in [-0.39, 0.29) is 6.61 Å². The number of aliphatic hydroxyl groups is 1. The Kier molecular flexibility index (Phi) is 4.38. The molecule has 1 atom stereocenters. The van der Waals surface area contributed by atoms with E-state index in [1.807, 2.05) is 30.3 Å². The molecular weight excluding hydrogens is 224 g/mol. The number of hydrogen-bond acceptors (Lipinski definition) is 3. The van der Waals surface area contributed by atoms with E-state index in [9.17, 15) is 5.11 Å². The molecule has 0 amide bonds. The van der Waals surface area contributed by atoms with E-state index in [1.165, 1.54) is 12.8 Å². The first-order valence-electron chi connectivity index (χ1n) is 6.89. The van der Waals surface area contributed by atoms with Crippen molar-refractivity contribution in [1.29, 1.82) is 0 Å². The zero-order chi connectivity index (χ0) is 13.0. The van der Waals surface area contributed by atoms with Crippen LogP contribution in [-0.4, -0.2) is 35.7 Å². The van der Waals surface area contributed by atoms with E-state index in [2.05, 4.69) is 11.8 Å². The maximum atomic E-state index is 9.71. The molecule has 0 spiro atoms. The smallest absolute Gasteiger partial charge is 0.0773 e. The lowest BCUT2D eigenvalue weighted by Gasteiger charge is -2.34. The maximum Gasteiger partial charge on any atom is 0.0773 e. The molecule has 0 heterocycles. The predicted molar refractivity (Wildman–Crippen MR) is 74.3 cm³/mol. The Morgan fingerprint density at radius 2 is 2.00 bits per heavy atom. The van der Waals surface area contributed by atoms with Crippen LogP contribution in [0, 0.1) is 0 Å². The van der Waals surface area contributed by atoms with Gasteiger partial charge in [-0.1, -0.05) is 37.3 Å². The summed E-state index contributed by atoms with van der Waals surface area (Å²) in [6, 6.07) is 10.6. The van der Waals surface area contributed by atoms with E-state index >= 15 is 0 Å². The maximum absolute atomic E-state index is 9.71. The van der Waals surface area contributed by atoms with Crippen molar-refractivity contribution >= 4 is 0 Å². The second-order valence-corrected chi connectivity index (χ2v) is 5.38. The van der Waals surface area contributed by atoms with Crippen molar-refractivity contribution in [3.8, 4) is 0 Å². The molecule has 1 aliphatic carbocycles. The van der Waals surface area contributed by atoms with Crippen LogP contribution >= 0.6 is 0 Å². The summed E-state index contributed by atoms with van der Waals surface area (Å²) in [7, 11) is 0. The van der Waals surface area contributed by atoms with E-state index in [0.717, 1.165) is 25.1 Å². The lowest BCUT2D eigenvalue weighted by molar-refractivity contribution is 0.131. The average Bonchev–Trinajstić information content (AvgIpc) is 3.23. The third-order valence-corrected chi connectivity index (χ3v) is 3.69. The topological polar surface area (TPSA) is 49.5 Å². The molecule has 0 bridgehead atoms. The van der Waals surface area contributed by atoms with Crippen LogP contribution in [0.25, 0.3) is 0 Å².